The van der Waals surface area contributed by atoms with Gasteiger partial charge >= 0.3 is 0 Å². The van der Waals surface area contributed by atoms with Gasteiger partial charge < -0.3 is 24.1 Å². The Labute approximate surface area is 237 Å². The van der Waals surface area contributed by atoms with Crippen LogP contribution in [0.1, 0.15) is 28.7 Å². The molecule has 1 aliphatic carbocycles. The Kier molecular flexibility index (Phi) is 10.5. The van der Waals surface area contributed by atoms with Gasteiger partial charge in [-0.25, -0.2) is 0 Å². The Hall–Kier alpha value is -3.32. The lowest BCUT2D eigenvalue weighted by Gasteiger charge is -2.29. The summed E-state index contributed by atoms with van der Waals surface area (Å²) in [5, 5.41) is 11.4. The topological polar surface area (TPSA) is 57.2 Å². The summed E-state index contributed by atoms with van der Waals surface area (Å²) in [6.45, 7) is 1.99. The van der Waals surface area contributed by atoms with Crippen LogP contribution in [0, 0.1) is 5.92 Å². The minimum Gasteiger partial charge on any atom is -0.390 e. The Morgan fingerprint density at radius 1 is 0.525 bits per heavy atom. The highest BCUT2D eigenvalue weighted by molar-refractivity contribution is 5.16. The van der Waals surface area contributed by atoms with E-state index in [2.05, 4.69) is 24.3 Å². The molecule has 0 aliphatic heterocycles. The average Bonchev–Trinajstić information content (AvgIpc) is 3.37. The molecule has 1 N–H and O–H groups in total. The lowest BCUT2D eigenvalue weighted by Crippen LogP contribution is -2.40. The summed E-state index contributed by atoms with van der Waals surface area (Å²) in [4.78, 5) is 0. The van der Waals surface area contributed by atoms with Crippen molar-refractivity contribution in [1.29, 1.82) is 0 Å². The predicted molar refractivity (Wildman–Crippen MR) is 155 cm³/mol. The van der Waals surface area contributed by atoms with Gasteiger partial charge in [-0.1, -0.05) is 121 Å². The molecule has 1 fully saturated rings. The van der Waals surface area contributed by atoms with E-state index in [0.717, 1.165) is 22.3 Å². The summed E-state index contributed by atoms with van der Waals surface area (Å²) in [5.74, 6) is -0.207. The van der Waals surface area contributed by atoms with E-state index in [-0.39, 0.29) is 30.8 Å². The molecule has 5 atom stereocenters. The summed E-state index contributed by atoms with van der Waals surface area (Å²) in [6, 6.07) is 40.4. The smallest absolute Gasteiger partial charge is 0.111 e. The molecule has 0 aromatic heterocycles. The molecule has 0 bridgehead atoms. The lowest BCUT2D eigenvalue weighted by atomic mass is 9.98. The van der Waals surface area contributed by atoms with E-state index >= 15 is 0 Å². The highest BCUT2D eigenvalue weighted by Gasteiger charge is 2.48. The molecule has 40 heavy (non-hydrogen) atoms. The first-order valence-corrected chi connectivity index (χ1v) is 14.0. The molecular formula is C35H38O5. The van der Waals surface area contributed by atoms with E-state index in [9.17, 15) is 5.11 Å². The third-order valence-corrected chi connectivity index (χ3v) is 7.39. The molecule has 0 spiro atoms. The first-order valence-electron chi connectivity index (χ1n) is 14.0. The Morgan fingerprint density at radius 2 is 0.925 bits per heavy atom. The quantitative estimate of drug-likeness (QED) is 0.203. The summed E-state index contributed by atoms with van der Waals surface area (Å²) in [6.07, 6.45) is -1.06. The Bertz CT molecular complexity index is 1240. The SMILES string of the molecule is O[C@H](COCc1ccccc1)[C@@H]1C[C@@H](OCc2ccccc2)[C@H](OCc2ccccc2)[C@H]1OCc1ccccc1. The maximum Gasteiger partial charge on any atom is 0.111 e. The minimum atomic E-state index is -0.724. The van der Waals surface area contributed by atoms with Crippen molar-refractivity contribution < 1.29 is 24.1 Å². The predicted octanol–water partition coefficient (Wildman–Crippen LogP) is 6.34. The number of aliphatic hydroxyl groups excluding tert-OH is 1. The van der Waals surface area contributed by atoms with E-state index in [0.29, 0.717) is 32.8 Å². The van der Waals surface area contributed by atoms with Crippen molar-refractivity contribution in [3.63, 3.8) is 0 Å². The number of hydrogen-bond acceptors (Lipinski definition) is 5. The maximum atomic E-state index is 11.4. The fourth-order valence-electron chi connectivity index (χ4n) is 5.26. The zero-order valence-corrected chi connectivity index (χ0v) is 22.8. The summed E-state index contributed by atoms with van der Waals surface area (Å²) in [7, 11) is 0. The third-order valence-electron chi connectivity index (χ3n) is 7.39. The van der Waals surface area contributed by atoms with Gasteiger partial charge in [0.2, 0.25) is 0 Å². The fraction of sp³-hybridized carbons (Fsp3) is 0.314. The van der Waals surface area contributed by atoms with Gasteiger partial charge in [-0.15, -0.1) is 0 Å². The maximum absolute atomic E-state index is 11.4. The van der Waals surface area contributed by atoms with Crippen molar-refractivity contribution in [3.8, 4) is 0 Å². The van der Waals surface area contributed by atoms with Crippen LogP contribution in [-0.2, 0) is 45.4 Å². The number of ether oxygens (including phenoxy) is 4. The van der Waals surface area contributed by atoms with E-state index in [4.69, 9.17) is 18.9 Å². The van der Waals surface area contributed by atoms with Gasteiger partial charge in [0.1, 0.15) is 6.10 Å². The molecule has 4 aromatic rings. The summed E-state index contributed by atoms with van der Waals surface area (Å²) >= 11 is 0. The zero-order chi connectivity index (χ0) is 27.4. The Balaban J connectivity index is 1.32. The van der Waals surface area contributed by atoms with Gasteiger partial charge in [-0.2, -0.15) is 0 Å². The first-order chi connectivity index (χ1) is 19.8. The van der Waals surface area contributed by atoms with Crippen LogP contribution in [-0.4, -0.2) is 36.1 Å². The lowest BCUT2D eigenvalue weighted by molar-refractivity contribution is -0.136. The number of aliphatic hydroxyl groups is 1. The molecule has 5 nitrogen and oxygen atoms in total. The van der Waals surface area contributed by atoms with Crippen molar-refractivity contribution in [1.82, 2.24) is 0 Å². The van der Waals surface area contributed by atoms with E-state index in [1.165, 1.54) is 0 Å². The largest absolute Gasteiger partial charge is 0.390 e. The van der Waals surface area contributed by atoms with Gasteiger partial charge in [-0.05, 0) is 28.7 Å². The molecule has 5 heteroatoms. The molecule has 5 rings (SSSR count). The fourth-order valence-corrected chi connectivity index (χ4v) is 5.26. The van der Waals surface area contributed by atoms with Crippen LogP contribution in [0.3, 0.4) is 0 Å². The molecule has 0 radical (unpaired) electrons. The number of hydrogen-bond donors (Lipinski definition) is 1. The zero-order valence-electron chi connectivity index (χ0n) is 22.8. The molecule has 0 heterocycles. The molecule has 0 saturated heterocycles. The average molecular weight is 539 g/mol. The molecule has 1 saturated carbocycles. The third kappa shape index (κ3) is 8.10. The van der Waals surface area contributed by atoms with Gasteiger partial charge in [0.25, 0.3) is 0 Å². The molecule has 208 valence electrons. The van der Waals surface area contributed by atoms with Crippen LogP contribution in [0.4, 0.5) is 0 Å². The van der Waals surface area contributed by atoms with Crippen molar-refractivity contribution >= 4 is 0 Å². The minimum absolute atomic E-state index is 0.207. The van der Waals surface area contributed by atoms with Crippen LogP contribution in [0.5, 0.6) is 0 Å². The first kappa shape index (κ1) is 28.2. The number of benzene rings is 4. The molecule has 1 aliphatic rings. The number of rotatable bonds is 14. The van der Waals surface area contributed by atoms with Gasteiger partial charge in [-0.3, -0.25) is 0 Å². The standard InChI is InChI=1S/C35H38O5/c36-32(26-37-22-27-13-5-1-6-14-27)31-21-33(38-23-28-15-7-2-8-16-28)35(40-25-30-19-11-4-12-20-30)34(31)39-24-29-17-9-3-10-18-29/h1-20,31-36H,21-26H2/t31-,32+,33+,34-,35-/m0/s1. The van der Waals surface area contributed by atoms with Crippen molar-refractivity contribution in [2.75, 3.05) is 6.61 Å². The second-order valence-electron chi connectivity index (χ2n) is 10.3. The normalized spacial score (nSPS) is 21.3. The summed E-state index contributed by atoms with van der Waals surface area (Å²) in [5.41, 5.74) is 4.33. The van der Waals surface area contributed by atoms with E-state index in [1.54, 1.807) is 0 Å². The van der Waals surface area contributed by atoms with Crippen molar-refractivity contribution in [2.45, 2.75) is 57.3 Å². The van der Waals surface area contributed by atoms with Crippen LogP contribution in [0.15, 0.2) is 121 Å². The van der Waals surface area contributed by atoms with E-state index < -0.39 is 6.10 Å². The Morgan fingerprint density at radius 3 is 1.40 bits per heavy atom. The second-order valence-corrected chi connectivity index (χ2v) is 10.3. The van der Waals surface area contributed by atoms with Gasteiger partial charge in [0.05, 0.1) is 51.3 Å². The van der Waals surface area contributed by atoms with Gasteiger partial charge in [0.15, 0.2) is 0 Å². The van der Waals surface area contributed by atoms with Crippen molar-refractivity contribution in [2.24, 2.45) is 5.92 Å². The molecule has 0 unspecified atom stereocenters. The molecular weight excluding hydrogens is 500 g/mol. The molecule has 4 aromatic carbocycles. The second kappa shape index (κ2) is 14.9. The van der Waals surface area contributed by atoms with Crippen molar-refractivity contribution in [3.05, 3.63) is 144 Å². The van der Waals surface area contributed by atoms with Crippen LogP contribution in [0.2, 0.25) is 0 Å². The highest BCUT2D eigenvalue weighted by Crippen LogP contribution is 2.37. The van der Waals surface area contributed by atoms with Crippen LogP contribution in [0.25, 0.3) is 0 Å². The highest BCUT2D eigenvalue weighted by atomic mass is 16.6. The summed E-state index contributed by atoms with van der Waals surface area (Å²) < 4.78 is 25.5. The van der Waals surface area contributed by atoms with Gasteiger partial charge in [0, 0.05) is 5.92 Å². The van der Waals surface area contributed by atoms with E-state index in [1.807, 2.05) is 97.1 Å². The monoisotopic (exact) mass is 538 g/mol. The van der Waals surface area contributed by atoms with Crippen LogP contribution >= 0.6 is 0 Å². The molecule has 0 amide bonds. The van der Waals surface area contributed by atoms with Crippen LogP contribution < -0.4 is 0 Å².